The molecule has 0 unspecified atom stereocenters. The third kappa shape index (κ3) is 11.0. The molecule has 4 aromatic rings. The molecule has 1 fully saturated rings. The Morgan fingerprint density at radius 1 is 0.896 bits per heavy atom. The van der Waals surface area contributed by atoms with Crippen molar-refractivity contribution < 1.29 is 22.8 Å². The number of carbonyl (C=O) groups excluding carboxylic acids is 3. The third-order valence-corrected chi connectivity index (χ3v) is 10.1. The topological polar surface area (TPSA) is 150 Å². The Hall–Kier alpha value is -4.59. The first-order valence-corrected chi connectivity index (χ1v) is 18.0. The maximum Gasteiger partial charge on any atom is 0.264 e. The van der Waals surface area contributed by atoms with E-state index in [1.807, 2.05) is 18.2 Å². The van der Waals surface area contributed by atoms with Crippen molar-refractivity contribution in [3.8, 4) is 0 Å². The Labute approximate surface area is 286 Å². The Bertz CT molecular complexity index is 1750. The maximum absolute atomic E-state index is 13.3. The fourth-order valence-electron chi connectivity index (χ4n) is 4.46. The van der Waals surface area contributed by atoms with E-state index in [0.717, 1.165) is 17.1 Å². The van der Waals surface area contributed by atoms with E-state index in [2.05, 4.69) is 45.3 Å². The smallest absolute Gasteiger partial charge is 0.264 e. The minimum Gasteiger partial charge on any atom is -0.354 e. The number of nitrogens with one attached hydrogen (secondary N) is 4. The number of amides is 3. The van der Waals surface area contributed by atoms with Gasteiger partial charge in [-0.1, -0.05) is 54.1 Å². The fourth-order valence-corrected chi connectivity index (χ4v) is 6.21. The second-order valence-electron chi connectivity index (χ2n) is 11.4. The van der Waals surface area contributed by atoms with Crippen LogP contribution in [0.15, 0.2) is 95.3 Å². The normalized spacial score (nSPS) is 13.0. The zero-order valence-electron chi connectivity index (χ0n) is 27.3. The summed E-state index contributed by atoms with van der Waals surface area (Å²) >= 11 is 1.39. The number of carbonyl (C=O) groups is 3. The monoisotopic (exact) mass is 690 g/mol. The van der Waals surface area contributed by atoms with Crippen LogP contribution in [-0.2, 0) is 21.4 Å². The zero-order chi connectivity index (χ0) is 34.5. The molecule has 0 spiro atoms. The molecule has 13 heteroatoms. The fraction of sp³-hybridized carbons (Fsp3) is 0.314. The van der Waals surface area contributed by atoms with Crippen LogP contribution >= 0.6 is 11.3 Å². The minimum absolute atomic E-state index is 0.0773. The molecule has 0 radical (unpaired) electrons. The number of sulfonamides is 1. The van der Waals surface area contributed by atoms with Gasteiger partial charge in [-0.15, -0.1) is 11.3 Å². The second kappa shape index (κ2) is 17.5. The first-order chi connectivity index (χ1) is 23.0. The summed E-state index contributed by atoms with van der Waals surface area (Å²) < 4.78 is 27.6. The Kier molecular flexibility index (Phi) is 13.2. The minimum atomic E-state index is -3.96. The molecule has 0 aliphatic heterocycles. The van der Waals surface area contributed by atoms with E-state index >= 15 is 0 Å². The molecule has 1 heterocycles. The molecular formula is C35H42N6O5S2. The largest absolute Gasteiger partial charge is 0.354 e. The summed E-state index contributed by atoms with van der Waals surface area (Å²) in [6.45, 7) is 5.28. The number of aryl methyl sites for hydroxylation is 1. The van der Waals surface area contributed by atoms with Crippen molar-refractivity contribution in [2.45, 2.75) is 44.2 Å². The molecule has 1 aromatic heterocycles. The van der Waals surface area contributed by atoms with Crippen molar-refractivity contribution in [1.29, 1.82) is 0 Å². The van der Waals surface area contributed by atoms with Gasteiger partial charge in [-0.05, 0) is 62.9 Å². The number of anilines is 1. The van der Waals surface area contributed by atoms with Crippen LogP contribution in [0.25, 0.3) is 0 Å². The van der Waals surface area contributed by atoms with E-state index in [1.165, 1.54) is 54.3 Å². The summed E-state index contributed by atoms with van der Waals surface area (Å²) in [6.07, 6.45) is 3.94. The summed E-state index contributed by atoms with van der Waals surface area (Å²) in [7, 11) is -2.58. The molecule has 5 rings (SSSR count). The van der Waals surface area contributed by atoms with Gasteiger partial charge >= 0.3 is 0 Å². The van der Waals surface area contributed by atoms with Gasteiger partial charge in [0.1, 0.15) is 5.01 Å². The molecule has 0 saturated heterocycles. The lowest BCUT2D eigenvalue weighted by molar-refractivity contribution is -0.122. The van der Waals surface area contributed by atoms with E-state index < -0.39 is 27.9 Å². The Morgan fingerprint density at radius 2 is 1.52 bits per heavy atom. The van der Waals surface area contributed by atoms with Crippen molar-refractivity contribution in [1.82, 2.24) is 26.3 Å². The lowest BCUT2D eigenvalue weighted by Crippen LogP contribution is -2.45. The molecule has 11 nitrogen and oxygen atoms in total. The van der Waals surface area contributed by atoms with Gasteiger partial charge in [0.15, 0.2) is 0 Å². The third-order valence-electron chi connectivity index (χ3n) is 7.55. The average molecular weight is 691 g/mol. The molecule has 4 N–H and O–H groups in total. The highest BCUT2D eigenvalue weighted by Crippen LogP contribution is 2.27. The molecule has 3 amide bonds. The number of benzene rings is 3. The van der Waals surface area contributed by atoms with Gasteiger partial charge in [-0.3, -0.25) is 18.7 Å². The summed E-state index contributed by atoms with van der Waals surface area (Å²) in [5, 5.41) is 14.0. The molecule has 48 heavy (non-hydrogen) atoms. The second-order valence-corrected chi connectivity index (χ2v) is 14.4. The van der Waals surface area contributed by atoms with Gasteiger partial charge in [-0.25, -0.2) is 13.4 Å². The summed E-state index contributed by atoms with van der Waals surface area (Å²) in [6, 6.07) is 22.0. The van der Waals surface area contributed by atoms with E-state index in [1.54, 1.807) is 36.7 Å². The quantitative estimate of drug-likeness (QED) is 0.146. The SMILES string of the molecule is C[C@H](NCCNC(=O)c1cc(C(=O)NCc2nccs2)cc(N(C)S(=O)(=O)c2ccccc2)c1)C(=O)NCC1CC1.Cc1ccccc1. The molecule has 1 atom stereocenters. The van der Waals surface area contributed by atoms with Gasteiger partial charge in [0.25, 0.3) is 21.8 Å². The Morgan fingerprint density at radius 3 is 2.08 bits per heavy atom. The highest BCUT2D eigenvalue weighted by molar-refractivity contribution is 7.92. The molecule has 1 aliphatic rings. The first kappa shape index (κ1) is 36.2. The van der Waals surface area contributed by atoms with Gasteiger partial charge in [-0.2, -0.15) is 0 Å². The maximum atomic E-state index is 13.3. The van der Waals surface area contributed by atoms with Crippen molar-refractivity contribution in [3.05, 3.63) is 112 Å². The number of aromatic nitrogens is 1. The van der Waals surface area contributed by atoms with Crippen LogP contribution in [0.4, 0.5) is 5.69 Å². The van der Waals surface area contributed by atoms with Crippen molar-refractivity contribution in [3.63, 3.8) is 0 Å². The molecule has 1 aliphatic carbocycles. The van der Waals surface area contributed by atoms with Gasteiger partial charge in [0.2, 0.25) is 5.91 Å². The molecule has 0 bridgehead atoms. The van der Waals surface area contributed by atoms with Crippen LogP contribution in [0, 0.1) is 12.8 Å². The van der Waals surface area contributed by atoms with Crippen LogP contribution in [-0.4, -0.2) is 63.8 Å². The number of hydrogen-bond acceptors (Lipinski definition) is 8. The van der Waals surface area contributed by atoms with E-state index in [9.17, 15) is 22.8 Å². The number of thiazole rings is 1. The van der Waals surface area contributed by atoms with Crippen LogP contribution in [0.3, 0.4) is 0 Å². The van der Waals surface area contributed by atoms with Gasteiger partial charge < -0.3 is 21.3 Å². The summed E-state index contributed by atoms with van der Waals surface area (Å²) in [4.78, 5) is 42.5. The van der Waals surface area contributed by atoms with Crippen molar-refractivity contribution >= 4 is 44.8 Å². The zero-order valence-corrected chi connectivity index (χ0v) is 28.9. The molecule has 1 saturated carbocycles. The van der Waals surface area contributed by atoms with Crippen LogP contribution in [0.1, 0.15) is 51.1 Å². The highest BCUT2D eigenvalue weighted by atomic mass is 32.2. The van der Waals surface area contributed by atoms with Gasteiger partial charge in [0.05, 0.1) is 23.2 Å². The van der Waals surface area contributed by atoms with Crippen LogP contribution in [0.2, 0.25) is 0 Å². The van der Waals surface area contributed by atoms with Crippen LogP contribution < -0.4 is 25.6 Å². The standard InChI is InChI=1S/C28H34N6O5S2.C7H8/c1-19(26(35)32-17-20-8-9-20)29-10-11-31-27(36)21-14-22(28(37)33-18-25-30-12-13-40-25)16-23(15-21)34(2)41(38,39)24-6-4-3-5-7-24;1-7-5-3-2-4-6-7/h3-7,12-16,19-20,29H,8-11,17-18H2,1-2H3,(H,31,36)(H,32,35)(H,33,37);2-6H,1H3/t19-;/m0./s1. The predicted molar refractivity (Wildman–Crippen MR) is 188 cm³/mol. The van der Waals surface area contributed by atoms with Gasteiger partial charge in [0, 0.05) is 49.4 Å². The lowest BCUT2D eigenvalue weighted by Gasteiger charge is -2.21. The van der Waals surface area contributed by atoms with Crippen LogP contribution in [0.5, 0.6) is 0 Å². The number of nitrogens with zero attached hydrogens (tertiary/aromatic N) is 2. The summed E-state index contributed by atoms with van der Waals surface area (Å²) in [5.74, 6) is -0.470. The molecule has 3 aromatic carbocycles. The van der Waals surface area contributed by atoms with Crippen molar-refractivity contribution in [2.75, 3.05) is 31.0 Å². The lowest BCUT2D eigenvalue weighted by atomic mass is 10.1. The predicted octanol–water partition coefficient (Wildman–Crippen LogP) is 4.13. The number of rotatable bonds is 14. The first-order valence-electron chi connectivity index (χ1n) is 15.7. The van der Waals surface area contributed by atoms with E-state index in [-0.39, 0.29) is 40.7 Å². The van der Waals surface area contributed by atoms with E-state index in [0.29, 0.717) is 24.0 Å². The highest BCUT2D eigenvalue weighted by Gasteiger charge is 2.24. The number of hydrogen-bond donors (Lipinski definition) is 4. The van der Waals surface area contributed by atoms with E-state index in [4.69, 9.17) is 0 Å². The molecule has 254 valence electrons. The summed E-state index contributed by atoms with van der Waals surface area (Å²) in [5.41, 5.74) is 1.72. The van der Waals surface area contributed by atoms with Crippen molar-refractivity contribution in [2.24, 2.45) is 5.92 Å². The Balaban J connectivity index is 0.000000659. The molecular weight excluding hydrogens is 649 g/mol. The average Bonchev–Trinajstić information content (AvgIpc) is 3.79.